The number of aromatic nitrogens is 2. The molecule has 0 amide bonds. The molecule has 3 nitrogen and oxygen atoms in total. The SMILES string of the molecule is CCCCn1ccnc1Nc1cccc(Cl)c1Cl. The van der Waals surface area contributed by atoms with Crippen molar-refractivity contribution in [3.8, 4) is 0 Å². The molecule has 2 rings (SSSR count). The number of halogens is 2. The predicted molar refractivity (Wildman–Crippen MR) is 76.9 cm³/mol. The lowest BCUT2D eigenvalue weighted by Crippen LogP contribution is -2.03. The van der Waals surface area contributed by atoms with E-state index in [4.69, 9.17) is 23.2 Å². The number of benzene rings is 1. The molecular formula is C13H15Cl2N3. The van der Waals surface area contributed by atoms with E-state index in [2.05, 4.69) is 21.8 Å². The van der Waals surface area contributed by atoms with E-state index in [0.717, 1.165) is 31.0 Å². The summed E-state index contributed by atoms with van der Waals surface area (Å²) >= 11 is 12.1. The molecule has 0 saturated carbocycles. The van der Waals surface area contributed by atoms with Gasteiger partial charge in [0.15, 0.2) is 0 Å². The highest BCUT2D eigenvalue weighted by Gasteiger charge is 2.07. The summed E-state index contributed by atoms with van der Waals surface area (Å²) in [5, 5.41) is 4.26. The second kappa shape index (κ2) is 6.12. The van der Waals surface area contributed by atoms with E-state index in [-0.39, 0.29) is 0 Å². The van der Waals surface area contributed by atoms with Crippen molar-refractivity contribution in [3.63, 3.8) is 0 Å². The van der Waals surface area contributed by atoms with E-state index in [9.17, 15) is 0 Å². The van der Waals surface area contributed by atoms with Gasteiger partial charge in [0, 0.05) is 18.9 Å². The van der Waals surface area contributed by atoms with Gasteiger partial charge in [-0.3, -0.25) is 0 Å². The summed E-state index contributed by atoms with van der Waals surface area (Å²) in [5.74, 6) is 0.785. The van der Waals surface area contributed by atoms with Gasteiger partial charge in [-0.1, -0.05) is 42.6 Å². The summed E-state index contributed by atoms with van der Waals surface area (Å²) in [6.45, 7) is 3.11. The zero-order valence-corrected chi connectivity index (χ0v) is 11.7. The van der Waals surface area contributed by atoms with E-state index in [1.54, 1.807) is 12.3 Å². The van der Waals surface area contributed by atoms with Crippen LogP contribution >= 0.6 is 23.2 Å². The van der Waals surface area contributed by atoms with Crippen LogP contribution in [0, 0.1) is 0 Å². The Morgan fingerprint density at radius 2 is 2.17 bits per heavy atom. The molecule has 0 aliphatic carbocycles. The van der Waals surface area contributed by atoms with Crippen molar-refractivity contribution in [2.75, 3.05) is 5.32 Å². The van der Waals surface area contributed by atoms with Crippen molar-refractivity contribution >= 4 is 34.8 Å². The fourth-order valence-corrected chi connectivity index (χ4v) is 2.01. The molecule has 2 aromatic rings. The molecule has 5 heteroatoms. The number of unbranched alkanes of at least 4 members (excludes halogenated alkanes) is 1. The molecule has 1 N–H and O–H groups in total. The first-order valence-electron chi connectivity index (χ1n) is 5.94. The average molecular weight is 284 g/mol. The number of nitrogens with one attached hydrogen (secondary N) is 1. The number of aryl methyl sites for hydroxylation is 1. The summed E-state index contributed by atoms with van der Waals surface area (Å²) in [5.41, 5.74) is 0.771. The monoisotopic (exact) mass is 283 g/mol. The van der Waals surface area contributed by atoms with E-state index in [1.165, 1.54) is 0 Å². The lowest BCUT2D eigenvalue weighted by molar-refractivity contribution is 0.638. The van der Waals surface area contributed by atoms with Crippen molar-refractivity contribution in [1.82, 2.24) is 9.55 Å². The van der Waals surface area contributed by atoms with Crippen LogP contribution in [0.15, 0.2) is 30.6 Å². The third-order valence-electron chi connectivity index (χ3n) is 2.67. The van der Waals surface area contributed by atoms with E-state index >= 15 is 0 Å². The molecule has 0 spiro atoms. The number of imidazole rings is 1. The lowest BCUT2D eigenvalue weighted by Gasteiger charge is -2.11. The van der Waals surface area contributed by atoms with Gasteiger partial charge in [0.05, 0.1) is 15.7 Å². The zero-order chi connectivity index (χ0) is 13.0. The highest BCUT2D eigenvalue weighted by Crippen LogP contribution is 2.31. The van der Waals surface area contributed by atoms with Gasteiger partial charge >= 0.3 is 0 Å². The van der Waals surface area contributed by atoms with Crippen LogP contribution in [0.5, 0.6) is 0 Å². The first-order valence-corrected chi connectivity index (χ1v) is 6.70. The molecule has 0 radical (unpaired) electrons. The van der Waals surface area contributed by atoms with Crippen molar-refractivity contribution in [2.24, 2.45) is 0 Å². The van der Waals surface area contributed by atoms with Crippen LogP contribution in [-0.4, -0.2) is 9.55 Å². The van der Waals surface area contributed by atoms with Crippen molar-refractivity contribution in [1.29, 1.82) is 0 Å². The van der Waals surface area contributed by atoms with Crippen molar-refractivity contribution in [2.45, 2.75) is 26.3 Å². The fraction of sp³-hybridized carbons (Fsp3) is 0.308. The number of hydrogen-bond acceptors (Lipinski definition) is 2. The van der Waals surface area contributed by atoms with E-state index in [1.807, 2.05) is 18.3 Å². The molecule has 0 atom stereocenters. The molecular weight excluding hydrogens is 269 g/mol. The highest BCUT2D eigenvalue weighted by atomic mass is 35.5. The molecule has 96 valence electrons. The third kappa shape index (κ3) is 2.98. The minimum absolute atomic E-state index is 0.518. The molecule has 0 aliphatic rings. The van der Waals surface area contributed by atoms with Gasteiger partial charge in [-0.2, -0.15) is 0 Å². The molecule has 18 heavy (non-hydrogen) atoms. The van der Waals surface area contributed by atoms with Gasteiger partial charge in [-0.25, -0.2) is 4.98 Å². The number of anilines is 2. The van der Waals surface area contributed by atoms with Crippen molar-refractivity contribution in [3.05, 3.63) is 40.6 Å². The minimum atomic E-state index is 0.518. The van der Waals surface area contributed by atoms with Crippen LogP contribution < -0.4 is 5.32 Å². The predicted octanol–water partition coefficient (Wildman–Crippen LogP) is 4.73. The van der Waals surface area contributed by atoms with Crippen molar-refractivity contribution < 1.29 is 0 Å². The Balaban J connectivity index is 2.18. The minimum Gasteiger partial charge on any atom is -0.324 e. The normalized spacial score (nSPS) is 10.6. The smallest absolute Gasteiger partial charge is 0.207 e. The second-order valence-corrected chi connectivity index (χ2v) is 4.81. The highest BCUT2D eigenvalue weighted by molar-refractivity contribution is 6.43. The largest absolute Gasteiger partial charge is 0.324 e. The summed E-state index contributed by atoms with van der Waals surface area (Å²) in [4.78, 5) is 4.29. The fourth-order valence-electron chi connectivity index (χ4n) is 1.66. The Kier molecular flexibility index (Phi) is 4.50. The second-order valence-electron chi connectivity index (χ2n) is 4.02. The maximum Gasteiger partial charge on any atom is 0.207 e. The standard InChI is InChI=1S/C13H15Cl2N3/c1-2-3-8-18-9-7-16-13(18)17-11-6-4-5-10(14)12(11)15/h4-7,9H,2-3,8H2,1H3,(H,16,17). The average Bonchev–Trinajstić information content (AvgIpc) is 2.80. The molecule has 0 bridgehead atoms. The quantitative estimate of drug-likeness (QED) is 0.859. The van der Waals surface area contributed by atoms with Gasteiger partial charge < -0.3 is 9.88 Å². The summed E-state index contributed by atoms with van der Waals surface area (Å²) < 4.78 is 2.07. The number of hydrogen-bond donors (Lipinski definition) is 1. The van der Waals surface area contributed by atoms with Crippen LogP contribution in [0.25, 0.3) is 0 Å². The summed E-state index contributed by atoms with van der Waals surface area (Å²) in [7, 11) is 0. The van der Waals surface area contributed by atoms with Gasteiger partial charge in [-0.15, -0.1) is 0 Å². The number of nitrogens with zero attached hydrogens (tertiary/aromatic N) is 2. The lowest BCUT2D eigenvalue weighted by atomic mass is 10.3. The maximum atomic E-state index is 6.14. The molecule has 0 unspecified atom stereocenters. The Hall–Kier alpha value is -1.19. The van der Waals surface area contributed by atoms with E-state index in [0.29, 0.717) is 10.0 Å². The molecule has 0 fully saturated rings. The van der Waals surface area contributed by atoms with Crippen LogP contribution in [0.4, 0.5) is 11.6 Å². The Labute approximate surface area is 117 Å². The molecule has 0 aliphatic heterocycles. The van der Waals surface area contributed by atoms with Crippen LogP contribution in [0.1, 0.15) is 19.8 Å². The summed E-state index contributed by atoms with van der Waals surface area (Å²) in [6, 6.07) is 5.50. The van der Waals surface area contributed by atoms with E-state index < -0.39 is 0 Å². The van der Waals surface area contributed by atoms with Gasteiger partial charge in [-0.05, 0) is 18.6 Å². The Bertz CT molecular complexity index is 523. The van der Waals surface area contributed by atoms with Crippen LogP contribution in [0.2, 0.25) is 10.0 Å². The molecule has 1 aromatic carbocycles. The Morgan fingerprint density at radius 3 is 2.94 bits per heavy atom. The van der Waals surface area contributed by atoms with Gasteiger partial charge in [0.2, 0.25) is 5.95 Å². The first kappa shape index (κ1) is 13.2. The topological polar surface area (TPSA) is 29.9 Å². The van der Waals surface area contributed by atoms with Crippen LogP contribution in [0.3, 0.4) is 0 Å². The maximum absolute atomic E-state index is 6.14. The first-order chi connectivity index (χ1) is 8.72. The third-order valence-corrected chi connectivity index (χ3v) is 3.49. The molecule has 1 aromatic heterocycles. The van der Waals surface area contributed by atoms with Crippen LogP contribution in [-0.2, 0) is 6.54 Å². The summed E-state index contributed by atoms with van der Waals surface area (Å²) in [6.07, 6.45) is 6.00. The molecule has 1 heterocycles. The van der Waals surface area contributed by atoms with Gasteiger partial charge in [0.1, 0.15) is 0 Å². The Morgan fingerprint density at radius 1 is 1.33 bits per heavy atom. The number of rotatable bonds is 5. The zero-order valence-electron chi connectivity index (χ0n) is 10.2. The van der Waals surface area contributed by atoms with Gasteiger partial charge in [0.25, 0.3) is 0 Å². The molecule has 0 saturated heterocycles.